The standard InChI is InChI=1S/C10H20N2O3S2/c1-8(10(11)16)17(13,14)12-5-2-6-15-7-9-3-4-9/h8-9,12H,2-7H2,1H3,(H2,11,16). The monoisotopic (exact) mass is 280 g/mol. The zero-order valence-corrected chi connectivity index (χ0v) is 11.6. The third-order valence-corrected chi connectivity index (χ3v) is 4.98. The van der Waals surface area contributed by atoms with E-state index in [-0.39, 0.29) is 4.99 Å². The predicted octanol–water partition coefficient (Wildman–Crippen LogP) is 0.397. The van der Waals surface area contributed by atoms with Crippen molar-refractivity contribution in [2.24, 2.45) is 11.7 Å². The van der Waals surface area contributed by atoms with E-state index in [9.17, 15) is 8.42 Å². The van der Waals surface area contributed by atoms with Crippen LogP contribution in [0.25, 0.3) is 0 Å². The third kappa shape index (κ3) is 5.76. The fourth-order valence-electron chi connectivity index (χ4n) is 1.20. The Balaban J connectivity index is 2.09. The van der Waals surface area contributed by atoms with Crippen LogP contribution in [-0.4, -0.2) is 38.4 Å². The normalized spacial score (nSPS) is 17.9. The van der Waals surface area contributed by atoms with Gasteiger partial charge < -0.3 is 10.5 Å². The molecule has 1 unspecified atom stereocenters. The summed E-state index contributed by atoms with van der Waals surface area (Å²) in [6, 6.07) is 0. The number of nitrogens with one attached hydrogen (secondary N) is 1. The van der Waals surface area contributed by atoms with Crippen molar-refractivity contribution >= 4 is 27.2 Å². The second-order valence-electron chi connectivity index (χ2n) is 4.36. The lowest BCUT2D eigenvalue weighted by atomic mass is 10.4. The molecule has 1 rings (SSSR count). The van der Waals surface area contributed by atoms with Crippen LogP contribution in [0.4, 0.5) is 0 Å². The van der Waals surface area contributed by atoms with Gasteiger partial charge in [-0.15, -0.1) is 0 Å². The van der Waals surface area contributed by atoms with Crippen molar-refractivity contribution in [3.63, 3.8) is 0 Å². The second kappa shape index (κ2) is 6.63. The highest BCUT2D eigenvalue weighted by atomic mass is 32.2. The number of rotatable bonds is 9. The van der Waals surface area contributed by atoms with Gasteiger partial charge in [0.15, 0.2) is 0 Å². The summed E-state index contributed by atoms with van der Waals surface area (Å²) in [6.45, 7) is 3.23. The van der Waals surface area contributed by atoms with Crippen molar-refractivity contribution in [1.29, 1.82) is 0 Å². The number of hydrogen-bond acceptors (Lipinski definition) is 4. The van der Waals surface area contributed by atoms with E-state index in [1.807, 2.05) is 0 Å². The van der Waals surface area contributed by atoms with Gasteiger partial charge in [0.05, 0.1) is 4.99 Å². The fourth-order valence-corrected chi connectivity index (χ4v) is 2.57. The predicted molar refractivity (Wildman–Crippen MR) is 71.3 cm³/mol. The molecular formula is C10H20N2O3S2. The Bertz CT molecular complexity index is 353. The Labute approximate surface area is 108 Å². The molecule has 0 heterocycles. The van der Waals surface area contributed by atoms with Gasteiger partial charge in [-0.1, -0.05) is 12.2 Å². The number of thiocarbonyl (C=S) groups is 1. The van der Waals surface area contributed by atoms with Crippen LogP contribution in [0.1, 0.15) is 26.2 Å². The first-order valence-corrected chi connectivity index (χ1v) is 7.74. The van der Waals surface area contributed by atoms with E-state index in [4.69, 9.17) is 10.5 Å². The van der Waals surface area contributed by atoms with Crippen LogP contribution < -0.4 is 10.5 Å². The maximum atomic E-state index is 11.6. The maximum Gasteiger partial charge on any atom is 0.220 e. The molecule has 5 nitrogen and oxygen atoms in total. The molecule has 0 aromatic rings. The first-order chi connectivity index (χ1) is 7.93. The largest absolute Gasteiger partial charge is 0.392 e. The Hall–Kier alpha value is -0.240. The summed E-state index contributed by atoms with van der Waals surface area (Å²) in [4.78, 5) is -0.0116. The molecule has 0 aliphatic heterocycles. The molecule has 100 valence electrons. The first kappa shape index (κ1) is 14.8. The summed E-state index contributed by atoms with van der Waals surface area (Å²) in [5.74, 6) is 0.737. The molecular weight excluding hydrogens is 260 g/mol. The number of ether oxygens (including phenoxy) is 1. The van der Waals surface area contributed by atoms with Crippen LogP contribution in [0.2, 0.25) is 0 Å². The van der Waals surface area contributed by atoms with E-state index >= 15 is 0 Å². The molecule has 0 spiro atoms. The topological polar surface area (TPSA) is 81.4 Å². The summed E-state index contributed by atoms with van der Waals surface area (Å²) in [7, 11) is -3.42. The highest BCUT2D eigenvalue weighted by Crippen LogP contribution is 2.28. The zero-order valence-electron chi connectivity index (χ0n) is 10.0. The van der Waals surface area contributed by atoms with Gasteiger partial charge in [-0.25, -0.2) is 13.1 Å². The highest BCUT2D eigenvalue weighted by Gasteiger charge is 2.22. The van der Waals surface area contributed by atoms with Crippen LogP contribution in [0.3, 0.4) is 0 Å². The molecule has 3 N–H and O–H groups in total. The second-order valence-corrected chi connectivity index (χ2v) is 6.91. The summed E-state index contributed by atoms with van der Waals surface area (Å²) >= 11 is 4.66. The lowest BCUT2D eigenvalue weighted by molar-refractivity contribution is 0.123. The minimum atomic E-state index is -3.42. The minimum absolute atomic E-state index is 0.0116. The summed E-state index contributed by atoms with van der Waals surface area (Å²) in [5, 5.41) is -0.829. The van der Waals surface area contributed by atoms with E-state index in [2.05, 4.69) is 16.9 Å². The van der Waals surface area contributed by atoms with Crippen molar-refractivity contribution < 1.29 is 13.2 Å². The van der Waals surface area contributed by atoms with E-state index in [1.165, 1.54) is 19.8 Å². The van der Waals surface area contributed by atoms with Gasteiger partial charge in [0.1, 0.15) is 5.25 Å². The summed E-state index contributed by atoms with van der Waals surface area (Å²) in [6.07, 6.45) is 3.19. The molecule has 0 aromatic heterocycles. The highest BCUT2D eigenvalue weighted by molar-refractivity contribution is 7.93. The van der Waals surface area contributed by atoms with Crippen molar-refractivity contribution in [2.75, 3.05) is 19.8 Å². The maximum absolute atomic E-state index is 11.6. The van der Waals surface area contributed by atoms with Crippen LogP contribution in [0.15, 0.2) is 0 Å². The lowest BCUT2D eigenvalue weighted by Gasteiger charge is -2.12. The van der Waals surface area contributed by atoms with Gasteiger partial charge in [-0.3, -0.25) is 0 Å². The third-order valence-electron chi connectivity index (χ3n) is 2.69. The quantitative estimate of drug-likeness (QED) is 0.472. The van der Waals surface area contributed by atoms with Crippen molar-refractivity contribution in [2.45, 2.75) is 31.4 Å². The van der Waals surface area contributed by atoms with Crippen LogP contribution in [-0.2, 0) is 14.8 Å². The SMILES string of the molecule is CC(C(N)=S)S(=O)(=O)NCCCOCC1CC1. The lowest BCUT2D eigenvalue weighted by Crippen LogP contribution is -2.40. The Morgan fingerprint density at radius 3 is 2.76 bits per heavy atom. The molecule has 0 saturated heterocycles. The van der Waals surface area contributed by atoms with Crippen molar-refractivity contribution in [3.8, 4) is 0 Å². The van der Waals surface area contributed by atoms with Gasteiger partial charge >= 0.3 is 0 Å². The molecule has 1 atom stereocenters. The Morgan fingerprint density at radius 1 is 1.59 bits per heavy atom. The molecule has 1 fully saturated rings. The minimum Gasteiger partial charge on any atom is -0.392 e. The molecule has 0 bridgehead atoms. The van der Waals surface area contributed by atoms with E-state index < -0.39 is 15.3 Å². The van der Waals surface area contributed by atoms with Crippen molar-refractivity contribution in [3.05, 3.63) is 0 Å². The Morgan fingerprint density at radius 2 is 2.24 bits per heavy atom. The zero-order chi connectivity index (χ0) is 12.9. The van der Waals surface area contributed by atoms with Crippen molar-refractivity contribution in [1.82, 2.24) is 4.72 Å². The number of hydrogen-bond donors (Lipinski definition) is 2. The average molecular weight is 280 g/mol. The summed E-state index contributed by atoms with van der Waals surface area (Å²) in [5.41, 5.74) is 5.30. The van der Waals surface area contributed by atoms with E-state index in [0.717, 1.165) is 12.5 Å². The molecule has 0 radical (unpaired) electrons. The molecule has 0 aromatic carbocycles. The molecule has 1 aliphatic rings. The van der Waals surface area contributed by atoms with Gasteiger partial charge in [0, 0.05) is 19.8 Å². The van der Waals surface area contributed by atoms with Gasteiger partial charge in [-0.05, 0) is 32.1 Å². The van der Waals surface area contributed by atoms with Crippen LogP contribution >= 0.6 is 12.2 Å². The van der Waals surface area contributed by atoms with E-state index in [1.54, 1.807) is 0 Å². The number of nitrogens with two attached hydrogens (primary N) is 1. The van der Waals surface area contributed by atoms with Gasteiger partial charge in [-0.2, -0.15) is 0 Å². The molecule has 7 heteroatoms. The molecule has 1 saturated carbocycles. The average Bonchev–Trinajstić information content (AvgIpc) is 3.05. The van der Waals surface area contributed by atoms with E-state index in [0.29, 0.717) is 19.6 Å². The summed E-state index contributed by atoms with van der Waals surface area (Å²) < 4.78 is 31.1. The molecule has 1 aliphatic carbocycles. The first-order valence-electron chi connectivity index (χ1n) is 5.79. The smallest absolute Gasteiger partial charge is 0.220 e. The van der Waals surface area contributed by atoms with Gasteiger partial charge in [0.25, 0.3) is 0 Å². The van der Waals surface area contributed by atoms with Crippen LogP contribution in [0.5, 0.6) is 0 Å². The molecule has 0 amide bonds. The number of sulfonamides is 1. The van der Waals surface area contributed by atoms with Crippen LogP contribution in [0, 0.1) is 5.92 Å². The fraction of sp³-hybridized carbons (Fsp3) is 0.900. The van der Waals surface area contributed by atoms with Gasteiger partial charge in [0.2, 0.25) is 10.0 Å². The Kier molecular flexibility index (Phi) is 5.78. The molecule has 17 heavy (non-hydrogen) atoms.